The van der Waals surface area contributed by atoms with Crippen LogP contribution in [-0.2, 0) is 0 Å². The first-order valence-corrected chi connectivity index (χ1v) is 8.48. The molecule has 0 spiro atoms. The smallest absolute Gasteiger partial charge is 0.166 e. The Labute approximate surface area is 149 Å². The summed E-state index contributed by atoms with van der Waals surface area (Å²) in [5.41, 5.74) is 1.64. The van der Waals surface area contributed by atoms with Crippen LogP contribution in [0.3, 0.4) is 0 Å². The highest BCUT2D eigenvalue weighted by molar-refractivity contribution is 5.51. The zero-order chi connectivity index (χ0) is 19.1. The van der Waals surface area contributed by atoms with Crippen molar-refractivity contribution in [3.63, 3.8) is 0 Å². The summed E-state index contributed by atoms with van der Waals surface area (Å²) >= 11 is 0. The Kier molecular flexibility index (Phi) is 7.95. The summed E-state index contributed by atoms with van der Waals surface area (Å²) in [5.74, 6) is -1.80. The van der Waals surface area contributed by atoms with Crippen LogP contribution in [0.1, 0.15) is 44.7 Å². The van der Waals surface area contributed by atoms with Crippen molar-refractivity contribution in [1.82, 2.24) is 0 Å². The molecule has 0 N–H and O–H groups in total. The minimum Gasteiger partial charge on any atom is -0.207 e. The maximum atomic E-state index is 13.9. The second-order valence-electron chi connectivity index (χ2n) is 6.78. The Morgan fingerprint density at radius 1 is 1.12 bits per heavy atom. The molecule has 3 heteroatoms. The van der Waals surface area contributed by atoms with Crippen molar-refractivity contribution >= 4 is 6.08 Å². The molecule has 136 valence electrons. The molecule has 0 aromatic heterocycles. The van der Waals surface area contributed by atoms with Gasteiger partial charge in [-0.1, -0.05) is 56.9 Å². The van der Waals surface area contributed by atoms with Crippen molar-refractivity contribution in [1.29, 1.82) is 0 Å². The predicted molar refractivity (Wildman–Crippen MR) is 101 cm³/mol. The zero-order valence-electron chi connectivity index (χ0n) is 15.5. The number of halogens is 3. The standard InChI is InChI=1S/C22H27F3/c1-14(2)13-20(23)18(6)16(4)9-7-15(3)8-11-19-12-10-17(5)21(24)22(19)25/h8,10-13,15-16H,1,6-7,9H2,2-5H3/b11-8+,20-13+. The number of benzene rings is 1. The summed E-state index contributed by atoms with van der Waals surface area (Å²) in [6.45, 7) is 14.7. The molecule has 0 nitrogen and oxygen atoms in total. The predicted octanol–water partition coefficient (Wildman–Crippen LogP) is 7.32. The Bertz CT molecular complexity index is 695. The van der Waals surface area contributed by atoms with Crippen molar-refractivity contribution in [2.75, 3.05) is 0 Å². The molecule has 1 aromatic carbocycles. The van der Waals surface area contributed by atoms with Crippen molar-refractivity contribution in [3.05, 3.63) is 77.2 Å². The topological polar surface area (TPSA) is 0 Å². The molecule has 0 radical (unpaired) electrons. The quantitative estimate of drug-likeness (QED) is 0.432. The second-order valence-corrected chi connectivity index (χ2v) is 6.78. The van der Waals surface area contributed by atoms with E-state index in [1.54, 1.807) is 25.1 Å². The van der Waals surface area contributed by atoms with E-state index < -0.39 is 11.6 Å². The Morgan fingerprint density at radius 3 is 2.36 bits per heavy atom. The van der Waals surface area contributed by atoms with Gasteiger partial charge >= 0.3 is 0 Å². The number of allylic oxidation sites excluding steroid dienone is 5. The minimum atomic E-state index is -0.822. The average molecular weight is 348 g/mol. The monoisotopic (exact) mass is 348 g/mol. The van der Waals surface area contributed by atoms with Crippen LogP contribution in [0, 0.1) is 30.4 Å². The molecule has 0 bridgehead atoms. The molecule has 1 aromatic rings. The van der Waals surface area contributed by atoms with E-state index in [0.29, 0.717) is 16.7 Å². The van der Waals surface area contributed by atoms with E-state index in [9.17, 15) is 13.2 Å². The summed E-state index contributed by atoms with van der Waals surface area (Å²) in [6, 6.07) is 3.13. The third kappa shape index (κ3) is 6.41. The molecule has 0 saturated carbocycles. The molecular weight excluding hydrogens is 321 g/mol. The van der Waals surface area contributed by atoms with Crippen LogP contribution in [0.5, 0.6) is 0 Å². The molecule has 2 unspecified atom stereocenters. The van der Waals surface area contributed by atoms with Gasteiger partial charge in [-0.05, 0) is 55.7 Å². The Balaban J connectivity index is 2.63. The number of hydrogen-bond acceptors (Lipinski definition) is 0. The number of rotatable bonds is 8. The fourth-order valence-corrected chi connectivity index (χ4v) is 2.39. The summed E-state index contributed by atoms with van der Waals surface area (Å²) < 4.78 is 41.3. The Hall–Kier alpha value is -2.03. The van der Waals surface area contributed by atoms with Crippen molar-refractivity contribution < 1.29 is 13.2 Å². The fraction of sp³-hybridized carbons (Fsp3) is 0.364. The SMILES string of the molecule is C=C(C)/C=C(/F)C(=C)C(C)CCC(C)/C=C/c1ccc(C)c(F)c1F. The van der Waals surface area contributed by atoms with Gasteiger partial charge in [0.1, 0.15) is 5.83 Å². The van der Waals surface area contributed by atoms with Gasteiger partial charge in [-0.25, -0.2) is 13.2 Å². The van der Waals surface area contributed by atoms with Crippen molar-refractivity contribution in [3.8, 4) is 0 Å². The van der Waals surface area contributed by atoms with Gasteiger partial charge in [-0.3, -0.25) is 0 Å². The van der Waals surface area contributed by atoms with Gasteiger partial charge in [0.25, 0.3) is 0 Å². The molecule has 0 heterocycles. The van der Waals surface area contributed by atoms with E-state index in [0.717, 1.165) is 12.8 Å². The molecule has 25 heavy (non-hydrogen) atoms. The van der Waals surface area contributed by atoms with Gasteiger partial charge in [0.15, 0.2) is 11.6 Å². The van der Waals surface area contributed by atoms with Gasteiger partial charge in [-0.2, -0.15) is 0 Å². The van der Waals surface area contributed by atoms with Crippen LogP contribution >= 0.6 is 0 Å². The van der Waals surface area contributed by atoms with Crippen LogP contribution in [-0.4, -0.2) is 0 Å². The van der Waals surface area contributed by atoms with E-state index >= 15 is 0 Å². The van der Waals surface area contributed by atoms with Crippen LogP contribution < -0.4 is 0 Å². The largest absolute Gasteiger partial charge is 0.207 e. The second kappa shape index (κ2) is 9.45. The highest BCUT2D eigenvalue weighted by atomic mass is 19.2. The van der Waals surface area contributed by atoms with E-state index in [1.807, 2.05) is 19.9 Å². The molecule has 0 aliphatic heterocycles. The molecule has 0 fully saturated rings. The van der Waals surface area contributed by atoms with E-state index in [2.05, 4.69) is 13.2 Å². The minimum absolute atomic E-state index is 0.00000502. The lowest BCUT2D eigenvalue weighted by Crippen LogP contribution is -2.02. The lowest BCUT2D eigenvalue weighted by Gasteiger charge is -2.15. The molecular formula is C22H27F3. The first-order valence-electron chi connectivity index (χ1n) is 8.48. The zero-order valence-corrected chi connectivity index (χ0v) is 15.5. The van der Waals surface area contributed by atoms with Gasteiger partial charge in [0.2, 0.25) is 0 Å². The van der Waals surface area contributed by atoms with Crippen LogP contribution in [0.2, 0.25) is 0 Å². The first kappa shape index (κ1) is 21.0. The highest BCUT2D eigenvalue weighted by Gasteiger charge is 2.13. The third-order valence-corrected chi connectivity index (χ3v) is 4.24. The molecule has 0 aliphatic carbocycles. The lowest BCUT2D eigenvalue weighted by atomic mass is 9.91. The third-order valence-electron chi connectivity index (χ3n) is 4.24. The van der Waals surface area contributed by atoms with Crippen LogP contribution in [0.4, 0.5) is 13.2 Å². The summed E-state index contributed by atoms with van der Waals surface area (Å²) in [4.78, 5) is 0. The summed E-state index contributed by atoms with van der Waals surface area (Å²) in [5, 5.41) is 0. The van der Waals surface area contributed by atoms with E-state index in [1.165, 1.54) is 13.0 Å². The summed E-state index contributed by atoms with van der Waals surface area (Å²) in [6.07, 6.45) is 6.39. The molecule has 0 aliphatic rings. The first-order chi connectivity index (χ1) is 11.6. The van der Waals surface area contributed by atoms with E-state index in [4.69, 9.17) is 0 Å². The highest BCUT2D eigenvalue weighted by Crippen LogP contribution is 2.26. The maximum absolute atomic E-state index is 13.9. The van der Waals surface area contributed by atoms with Gasteiger partial charge in [0, 0.05) is 5.56 Å². The Morgan fingerprint density at radius 2 is 1.76 bits per heavy atom. The van der Waals surface area contributed by atoms with Gasteiger partial charge < -0.3 is 0 Å². The fourth-order valence-electron chi connectivity index (χ4n) is 2.39. The number of aryl methyl sites for hydroxylation is 1. The lowest BCUT2D eigenvalue weighted by molar-refractivity contribution is 0.499. The molecule has 0 amide bonds. The molecule has 1 rings (SSSR count). The van der Waals surface area contributed by atoms with Crippen molar-refractivity contribution in [2.24, 2.45) is 11.8 Å². The van der Waals surface area contributed by atoms with Crippen molar-refractivity contribution in [2.45, 2.75) is 40.5 Å². The average Bonchev–Trinajstić information content (AvgIpc) is 2.55. The summed E-state index contributed by atoms with van der Waals surface area (Å²) in [7, 11) is 0. The van der Waals surface area contributed by atoms with Gasteiger partial charge in [0.05, 0.1) is 0 Å². The van der Waals surface area contributed by atoms with Crippen LogP contribution in [0.25, 0.3) is 6.08 Å². The molecule has 0 saturated heterocycles. The maximum Gasteiger partial charge on any atom is 0.166 e. The number of hydrogen-bond donors (Lipinski definition) is 0. The van der Waals surface area contributed by atoms with Crippen LogP contribution in [0.15, 0.2) is 54.4 Å². The molecule has 2 atom stereocenters. The van der Waals surface area contributed by atoms with E-state index in [-0.39, 0.29) is 23.2 Å². The normalized spacial score (nSPS) is 14.6. The van der Waals surface area contributed by atoms with Gasteiger partial charge in [-0.15, -0.1) is 0 Å².